The highest BCUT2D eigenvalue weighted by Gasteiger charge is 2.30. The smallest absolute Gasteiger partial charge is 0.416 e. The molecule has 3 aromatic carbocycles. The quantitative estimate of drug-likeness (QED) is 0.414. The van der Waals surface area contributed by atoms with Crippen molar-refractivity contribution in [2.24, 2.45) is 0 Å². The van der Waals surface area contributed by atoms with Crippen LogP contribution in [0.2, 0.25) is 5.02 Å². The van der Waals surface area contributed by atoms with Crippen molar-refractivity contribution < 1.29 is 22.7 Å². The minimum absolute atomic E-state index is 0.0720. The first-order valence-corrected chi connectivity index (χ1v) is 10.2. The van der Waals surface area contributed by atoms with Gasteiger partial charge in [-0.15, -0.1) is 11.8 Å². The number of hydrogen-bond acceptors (Lipinski definition) is 3. The maximum atomic E-state index is 12.9. The zero-order chi connectivity index (χ0) is 21.7. The largest absolute Gasteiger partial charge is 0.496 e. The van der Waals surface area contributed by atoms with Crippen molar-refractivity contribution in [3.05, 3.63) is 88.4 Å². The molecule has 0 aromatic heterocycles. The van der Waals surface area contributed by atoms with Gasteiger partial charge in [0.05, 0.1) is 12.7 Å². The van der Waals surface area contributed by atoms with Crippen molar-refractivity contribution in [3.8, 4) is 5.75 Å². The number of ether oxygens (including phenoxy) is 1. The van der Waals surface area contributed by atoms with Crippen molar-refractivity contribution in [3.63, 3.8) is 0 Å². The van der Waals surface area contributed by atoms with Gasteiger partial charge in [-0.2, -0.15) is 13.2 Å². The SMILES string of the molecule is COc1ccc(C(=O)Nc2cccc(C(F)(F)F)c2)cc1CSc1ccc(Cl)cc1. The minimum Gasteiger partial charge on any atom is -0.496 e. The average molecular weight is 452 g/mol. The Balaban J connectivity index is 1.76. The molecule has 8 heteroatoms. The van der Waals surface area contributed by atoms with Gasteiger partial charge in [0.25, 0.3) is 5.91 Å². The van der Waals surface area contributed by atoms with Crippen molar-refractivity contribution in [2.75, 3.05) is 12.4 Å². The molecule has 3 rings (SSSR count). The molecule has 0 unspecified atom stereocenters. The summed E-state index contributed by atoms with van der Waals surface area (Å²) < 4.78 is 44.0. The zero-order valence-corrected chi connectivity index (χ0v) is 17.4. The summed E-state index contributed by atoms with van der Waals surface area (Å²) >= 11 is 7.44. The van der Waals surface area contributed by atoms with E-state index in [1.165, 1.54) is 19.2 Å². The number of halogens is 4. The molecule has 0 radical (unpaired) electrons. The first kappa shape index (κ1) is 22.1. The van der Waals surface area contributed by atoms with Crippen LogP contribution in [0.3, 0.4) is 0 Å². The molecule has 0 spiro atoms. The Bertz CT molecular complexity index is 1040. The third-order valence-electron chi connectivity index (χ3n) is 4.20. The highest BCUT2D eigenvalue weighted by molar-refractivity contribution is 7.98. The number of carbonyl (C=O) groups is 1. The van der Waals surface area contributed by atoms with E-state index in [-0.39, 0.29) is 5.69 Å². The second-order valence-corrected chi connectivity index (χ2v) is 7.79. The van der Waals surface area contributed by atoms with Gasteiger partial charge >= 0.3 is 6.18 Å². The van der Waals surface area contributed by atoms with Gasteiger partial charge in [-0.05, 0) is 60.7 Å². The number of thioether (sulfide) groups is 1. The lowest BCUT2D eigenvalue weighted by Gasteiger charge is -2.12. The van der Waals surface area contributed by atoms with E-state index in [1.807, 2.05) is 12.1 Å². The summed E-state index contributed by atoms with van der Waals surface area (Å²) in [6.07, 6.45) is -4.48. The monoisotopic (exact) mass is 451 g/mol. The highest BCUT2D eigenvalue weighted by Crippen LogP contribution is 2.32. The molecule has 3 aromatic rings. The number of hydrogen-bond donors (Lipinski definition) is 1. The number of methoxy groups -OCH3 is 1. The number of amides is 1. The summed E-state index contributed by atoms with van der Waals surface area (Å²) in [5, 5.41) is 3.16. The number of nitrogens with one attached hydrogen (secondary N) is 1. The van der Waals surface area contributed by atoms with Gasteiger partial charge in [0, 0.05) is 32.5 Å². The molecule has 0 aliphatic rings. The molecule has 0 bridgehead atoms. The second-order valence-electron chi connectivity index (χ2n) is 6.30. The third kappa shape index (κ3) is 5.70. The Hall–Kier alpha value is -2.64. The Labute approximate surface area is 181 Å². The first-order chi connectivity index (χ1) is 14.3. The molecule has 1 amide bonds. The van der Waals surface area contributed by atoms with Crippen molar-refractivity contribution >= 4 is 35.0 Å². The number of rotatable bonds is 6. The van der Waals surface area contributed by atoms with E-state index in [0.29, 0.717) is 22.1 Å². The Morgan fingerprint density at radius 2 is 1.80 bits per heavy atom. The lowest BCUT2D eigenvalue weighted by atomic mass is 10.1. The van der Waals surface area contributed by atoms with E-state index in [9.17, 15) is 18.0 Å². The molecule has 0 atom stereocenters. The summed E-state index contributed by atoms with van der Waals surface area (Å²) in [7, 11) is 1.54. The third-order valence-corrected chi connectivity index (χ3v) is 5.51. The molecule has 0 fully saturated rings. The Morgan fingerprint density at radius 1 is 1.07 bits per heavy atom. The standard InChI is InChI=1S/C22H17ClF3NO2S/c1-29-20-10-5-14(11-15(20)13-30-19-8-6-17(23)7-9-19)21(28)27-18-4-2-3-16(12-18)22(24,25)26/h2-12H,13H2,1H3,(H,27,28). The molecule has 156 valence electrons. The average Bonchev–Trinajstić information content (AvgIpc) is 2.72. The molecule has 3 nitrogen and oxygen atoms in total. The van der Waals surface area contributed by atoms with E-state index in [1.54, 1.807) is 42.1 Å². The normalized spacial score (nSPS) is 11.2. The van der Waals surface area contributed by atoms with Gasteiger partial charge in [0.2, 0.25) is 0 Å². The molecular weight excluding hydrogens is 435 g/mol. The van der Waals surface area contributed by atoms with Gasteiger partial charge in [-0.1, -0.05) is 17.7 Å². The van der Waals surface area contributed by atoms with Crippen LogP contribution in [-0.2, 0) is 11.9 Å². The molecule has 0 saturated heterocycles. The maximum Gasteiger partial charge on any atom is 0.416 e. The number of anilines is 1. The van der Waals surface area contributed by atoms with Crippen LogP contribution in [0.4, 0.5) is 18.9 Å². The summed E-state index contributed by atoms with van der Waals surface area (Å²) in [6.45, 7) is 0. The van der Waals surface area contributed by atoms with E-state index in [2.05, 4.69) is 5.32 Å². The van der Waals surface area contributed by atoms with Crippen LogP contribution < -0.4 is 10.1 Å². The highest BCUT2D eigenvalue weighted by atomic mass is 35.5. The van der Waals surface area contributed by atoms with Crippen LogP contribution in [-0.4, -0.2) is 13.0 Å². The van der Waals surface area contributed by atoms with Crippen LogP contribution in [0.5, 0.6) is 5.75 Å². The fraction of sp³-hybridized carbons (Fsp3) is 0.136. The van der Waals surface area contributed by atoms with Gasteiger partial charge in [0.1, 0.15) is 5.75 Å². The zero-order valence-electron chi connectivity index (χ0n) is 15.8. The van der Waals surface area contributed by atoms with Crippen LogP contribution >= 0.6 is 23.4 Å². The van der Waals surface area contributed by atoms with Crippen molar-refractivity contribution in [1.29, 1.82) is 0 Å². The fourth-order valence-corrected chi connectivity index (χ4v) is 3.70. The van der Waals surface area contributed by atoms with E-state index in [4.69, 9.17) is 16.3 Å². The van der Waals surface area contributed by atoms with E-state index < -0.39 is 17.6 Å². The topological polar surface area (TPSA) is 38.3 Å². The second kappa shape index (κ2) is 9.45. The maximum absolute atomic E-state index is 12.9. The van der Waals surface area contributed by atoms with E-state index in [0.717, 1.165) is 22.6 Å². The van der Waals surface area contributed by atoms with Crippen LogP contribution in [0.1, 0.15) is 21.5 Å². The summed E-state index contributed by atoms with van der Waals surface area (Å²) in [6, 6.07) is 16.8. The Morgan fingerprint density at radius 3 is 2.47 bits per heavy atom. The predicted octanol–water partition coefficient (Wildman–Crippen LogP) is 6.91. The summed E-state index contributed by atoms with van der Waals surface area (Å²) in [4.78, 5) is 13.6. The first-order valence-electron chi connectivity index (χ1n) is 8.80. The van der Waals surface area contributed by atoms with Gasteiger partial charge in [0.15, 0.2) is 0 Å². The number of carbonyl (C=O) groups excluding carboxylic acids is 1. The van der Waals surface area contributed by atoms with Crippen molar-refractivity contribution in [2.45, 2.75) is 16.8 Å². The Kier molecular flexibility index (Phi) is 6.95. The summed E-state index contributed by atoms with van der Waals surface area (Å²) in [5.41, 5.74) is 0.354. The molecule has 0 aliphatic heterocycles. The number of benzene rings is 3. The van der Waals surface area contributed by atoms with Gasteiger partial charge in [-0.3, -0.25) is 4.79 Å². The molecule has 30 heavy (non-hydrogen) atoms. The van der Waals surface area contributed by atoms with Crippen LogP contribution in [0.25, 0.3) is 0 Å². The van der Waals surface area contributed by atoms with E-state index >= 15 is 0 Å². The number of alkyl halides is 3. The van der Waals surface area contributed by atoms with Crippen molar-refractivity contribution in [1.82, 2.24) is 0 Å². The van der Waals surface area contributed by atoms with Crippen LogP contribution in [0.15, 0.2) is 71.6 Å². The molecular formula is C22H17ClF3NO2S. The fourth-order valence-electron chi connectivity index (χ4n) is 2.70. The molecule has 0 aliphatic carbocycles. The van der Waals surface area contributed by atoms with Gasteiger partial charge in [-0.25, -0.2) is 0 Å². The molecule has 1 N–H and O–H groups in total. The van der Waals surface area contributed by atoms with Gasteiger partial charge < -0.3 is 10.1 Å². The van der Waals surface area contributed by atoms with Crippen LogP contribution in [0, 0.1) is 0 Å². The summed E-state index contributed by atoms with van der Waals surface area (Å²) in [5.74, 6) is 0.650. The predicted molar refractivity (Wildman–Crippen MR) is 113 cm³/mol. The lowest BCUT2D eigenvalue weighted by molar-refractivity contribution is -0.137. The molecule has 0 heterocycles. The minimum atomic E-state index is -4.48. The molecule has 0 saturated carbocycles. The lowest BCUT2D eigenvalue weighted by Crippen LogP contribution is -2.13.